The average Bonchev–Trinajstić information content (AvgIpc) is 2.72. The molecule has 0 bridgehead atoms. The van der Waals surface area contributed by atoms with E-state index in [9.17, 15) is 0 Å². The summed E-state index contributed by atoms with van der Waals surface area (Å²) in [4.78, 5) is 0. The van der Waals surface area contributed by atoms with E-state index in [1.807, 2.05) is 13.8 Å². The Hall–Kier alpha value is -1.56. The van der Waals surface area contributed by atoms with Crippen LogP contribution in [0.5, 0.6) is 0 Å². The zero-order chi connectivity index (χ0) is 24.8. The maximum absolute atomic E-state index is 2.43. The minimum absolute atomic E-state index is 1.17. The highest BCUT2D eigenvalue weighted by Gasteiger charge is 1.94. The summed E-state index contributed by atoms with van der Waals surface area (Å²) in [5.74, 6) is 0. The van der Waals surface area contributed by atoms with E-state index in [0.29, 0.717) is 0 Å². The Kier molecular flexibility index (Phi) is 23.1. The van der Waals surface area contributed by atoms with Crippen LogP contribution in [0.4, 0.5) is 0 Å². The molecule has 0 N–H and O–H groups in total. The van der Waals surface area contributed by atoms with Crippen molar-refractivity contribution in [3.05, 3.63) is 69.9 Å². The summed E-state index contributed by atoms with van der Waals surface area (Å²) in [6.07, 6.45) is 26.2. The summed E-state index contributed by atoms with van der Waals surface area (Å²) < 4.78 is 0. The molecule has 0 heteroatoms. The fourth-order valence-electron chi connectivity index (χ4n) is 3.34. The van der Waals surface area contributed by atoms with Gasteiger partial charge in [0, 0.05) is 0 Å². The van der Waals surface area contributed by atoms with E-state index in [4.69, 9.17) is 0 Å². The summed E-state index contributed by atoms with van der Waals surface area (Å²) in [5.41, 5.74) is 8.97. The molecule has 0 aromatic carbocycles. The molecule has 32 heavy (non-hydrogen) atoms. The minimum atomic E-state index is 1.17. The summed E-state index contributed by atoms with van der Waals surface area (Å²) in [7, 11) is 0. The predicted octanol–water partition coefficient (Wildman–Crippen LogP) is 11.6. The largest absolute Gasteiger partial charge is 0.0856 e. The first-order valence-electron chi connectivity index (χ1n) is 13.1. The van der Waals surface area contributed by atoms with Crippen molar-refractivity contribution in [3.63, 3.8) is 0 Å². The van der Waals surface area contributed by atoms with Crippen molar-refractivity contribution in [2.75, 3.05) is 0 Å². The second kappa shape index (κ2) is 22.6. The van der Waals surface area contributed by atoms with E-state index >= 15 is 0 Å². The number of hydrogen-bond donors (Lipinski definition) is 0. The van der Waals surface area contributed by atoms with Crippen LogP contribution in [-0.4, -0.2) is 0 Å². The average molecular weight is 441 g/mol. The van der Waals surface area contributed by atoms with Crippen LogP contribution in [0.2, 0.25) is 0 Å². The molecule has 184 valence electrons. The third-order valence-corrected chi connectivity index (χ3v) is 5.40. The third-order valence-electron chi connectivity index (χ3n) is 5.40. The molecule has 0 nitrogen and oxygen atoms in total. The van der Waals surface area contributed by atoms with Gasteiger partial charge >= 0.3 is 0 Å². The normalized spacial score (nSPS) is 12.8. The monoisotopic (exact) mass is 440 g/mol. The molecule has 0 heterocycles. The summed E-state index contributed by atoms with van der Waals surface area (Å²) in [6.45, 7) is 21.8. The number of rotatable bonds is 15. The number of allylic oxidation sites excluding steroid dienone is 12. The molecular formula is C32H56. The van der Waals surface area contributed by atoms with Crippen LogP contribution >= 0.6 is 0 Å². The van der Waals surface area contributed by atoms with Gasteiger partial charge in [0.15, 0.2) is 0 Å². The van der Waals surface area contributed by atoms with Gasteiger partial charge in [0.2, 0.25) is 0 Å². The first-order valence-corrected chi connectivity index (χ1v) is 13.1. The highest BCUT2D eigenvalue weighted by atomic mass is 14.0. The van der Waals surface area contributed by atoms with Crippen LogP contribution in [0.3, 0.4) is 0 Å². The smallest absolute Gasteiger partial charge is 0.0288 e. The highest BCUT2D eigenvalue weighted by molar-refractivity contribution is 5.08. The molecule has 0 amide bonds. The van der Waals surface area contributed by atoms with Gasteiger partial charge in [-0.25, -0.2) is 0 Å². The number of unbranched alkanes of at least 4 members (excludes halogenated alkanes) is 1. The molecule has 0 spiro atoms. The van der Waals surface area contributed by atoms with E-state index in [1.54, 1.807) is 0 Å². The molecule has 0 aliphatic carbocycles. The van der Waals surface area contributed by atoms with Crippen LogP contribution in [0.15, 0.2) is 69.9 Å². The van der Waals surface area contributed by atoms with Gasteiger partial charge in [0.25, 0.3) is 0 Å². The quantitative estimate of drug-likeness (QED) is 0.175. The van der Waals surface area contributed by atoms with Crippen molar-refractivity contribution in [1.29, 1.82) is 0 Å². The first-order chi connectivity index (χ1) is 15.2. The van der Waals surface area contributed by atoms with Crippen LogP contribution in [0, 0.1) is 0 Å². The maximum Gasteiger partial charge on any atom is -0.0288 e. The molecule has 0 radical (unpaired) electrons. The lowest BCUT2D eigenvalue weighted by Gasteiger charge is -2.02. The van der Waals surface area contributed by atoms with Gasteiger partial charge in [-0.1, -0.05) is 83.7 Å². The van der Waals surface area contributed by atoms with Crippen LogP contribution < -0.4 is 0 Å². The molecule has 0 fully saturated rings. The maximum atomic E-state index is 2.43. The molecular weight excluding hydrogens is 384 g/mol. The minimum Gasteiger partial charge on any atom is -0.0856 e. The Labute approximate surface area is 203 Å². The molecule has 0 aliphatic heterocycles. The lowest BCUT2D eigenvalue weighted by Crippen LogP contribution is -1.82. The van der Waals surface area contributed by atoms with Crippen molar-refractivity contribution in [3.8, 4) is 0 Å². The van der Waals surface area contributed by atoms with Gasteiger partial charge in [-0.3, -0.25) is 0 Å². The van der Waals surface area contributed by atoms with Crippen molar-refractivity contribution in [1.82, 2.24) is 0 Å². The third kappa shape index (κ3) is 24.7. The summed E-state index contributed by atoms with van der Waals surface area (Å²) in [5, 5.41) is 0. The standard InChI is InChI=1S/C30H50.C2H6/c1-25(2)15-11-19-29(7)23-13-21-27(5)17-9-10-18-28(6)22-14-24-30(8)20-12-16-26(3)4;1-2/h15-18,23-24H,9-14,19-22H2,1-8H3;1-2H3/b27-17+,28-18+,29-23+,30-24+;. The molecule has 0 unspecified atom stereocenters. The van der Waals surface area contributed by atoms with Crippen LogP contribution in [0.1, 0.15) is 133 Å². The fourth-order valence-corrected chi connectivity index (χ4v) is 3.34. The van der Waals surface area contributed by atoms with E-state index in [1.165, 1.54) is 97.6 Å². The van der Waals surface area contributed by atoms with Gasteiger partial charge in [-0.05, 0) is 120 Å². The lowest BCUT2D eigenvalue weighted by atomic mass is 10.0. The van der Waals surface area contributed by atoms with Crippen molar-refractivity contribution >= 4 is 0 Å². The Balaban J connectivity index is 0. The molecule has 0 saturated carbocycles. The molecule has 0 rings (SSSR count). The summed E-state index contributed by atoms with van der Waals surface area (Å²) in [6, 6.07) is 0. The molecule has 0 aromatic rings. The molecule has 0 saturated heterocycles. The predicted molar refractivity (Wildman–Crippen MR) is 151 cm³/mol. The Morgan fingerprint density at radius 1 is 0.344 bits per heavy atom. The lowest BCUT2D eigenvalue weighted by molar-refractivity contribution is 0.896. The first kappa shape index (κ1) is 32.6. The van der Waals surface area contributed by atoms with E-state index in [2.05, 4.69) is 91.8 Å². The molecule has 0 aliphatic rings. The van der Waals surface area contributed by atoms with E-state index in [-0.39, 0.29) is 0 Å². The van der Waals surface area contributed by atoms with E-state index in [0.717, 1.165) is 0 Å². The Morgan fingerprint density at radius 3 is 0.812 bits per heavy atom. The van der Waals surface area contributed by atoms with Crippen molar-refractivity contribution in [2.24, 2.45) is 0 Å². The topological polar surface area (TPSA) is 0 Å². The van der Waals surface area contributed by atoms with Gasteiger partial charge < -0.3 is 0 Å². The SMILES string of the molecule is CC.CC(C)=CCC/C(C)=C/CC/C(C)=C/CC/C=C(\C)CC/C=C(\C)CCC=C(C)C. The Bertz CT molecular complexity index is 578. The van der Waals surface area contributed by atoms with E-state index < -0.39 is 0 Å². The van der Waals surface area contributed by atoms with Gasteiger partial charge in [0.1, 0.15) is 0 Å². The zero-order valence-electron chi connectivity index (χ0n) is 23.5. The molecule has 0 atom stereocenters. The Morgan fingerprint density at radius 2 is 0.562 bits per heavy atom. The van der Waals surface area contributed by atoms with Crippen LogP contribution in [-0.2, 0) is 0 Å². The number of hydrogen-bond acceptors (Lipinski definition) is 0. The van der Waals surface area contributed by atoms with Crippen LogP contribution in [0.25, 0.3) is 0 Å². The van der Waals surface area contributed by atoms with Crippen molar-refractivity contribution < 1.29 is 0 Å². The molecule has 0 aromatic heterocycles. The van der Waals surface area contributed by atoms with Gasteiger partial charge in [-0.2, -0.15) is 0 Å². The van der Waals surface area contributed by atoms with Gasteiger partial charge in [-0.15, -0.1) is 0 Å². The fraction of sp³-hybridized carbons (Fsp3) is 0.625. The highest BCUT2D eigenvalue weighted by Crippen LogP contribution is 2.14. The van der Waals surface area contributed by atoms with Crippen molar-refractivity contribution in [2.45, 2.75) is 133 Å². The zero-order valence-corrected chi connectivity index (χ0v) is 23.5. The summed E-state index contributed by atoms with van der Waals surface area (Å²) >= 11 is 0. The van der Waals surface area contributed by atoms with Gasteiger partial charge in [0.05, 0.1) is 0 Å². The second-order valence-electron chi connectivity index (χ2n) is 9.50. The second-order valence-corrected chi connectivity index (χ2v) is 9.50.